The van der Waals surface area contributed by atoms with Crippen LogP contribution >= 0.6 is 24.8 Å². The van der Waals surface area contributed by atoms with Gasteiger partial charge in [-0.05, 0) is 19.9 Å². The minimum Gasteiger partial charge on any atom is -0.383 e. The van der Waals surface area contributed by atoms with Crippen molar-refractivity contribution in [1.82, 2.24) is 30.0 Å². The van der Waals surface area contributed by atoms with Gasteiger partial charge in [0.2, 0.25) is 5.95 Å². The second-order valence-corrected chi connectivity index (χ2v) is 5.85. The van der Waals surface area contributed by atoms with Crippen LogP contribution in [0.2, 0.25) is 0 Å². The van der Waals surface area contributed by atoms with Gasteiger partial charge in [-0.3, -0.25) is 0 Å². The lowest BCUT2D eigenvalue weighted by Crippen LogP contribution is -2.18. The molecule has 146 valence electrons. The Kier molecular flexibility index (Phi) is 9.00. The molecule has 2 aromatic heterocycles. The smallest absolute Gasteiger partial charge is 0.222 e. The summed E-state index contributed by atoms with van der Waals surface area (Å²) in [6, 6.07) is -0.0565. The number of hydrogen-bond donors (Lipinski definition) is 3. The fraction of sp³-hybridized carbons (Fsp3) is 0.600. The zero-order valence-electron chi connectivity index (χ0n) is 14.9. The van der Waals surface area contributed by atoms with Crippen LogP contribution in [-0.2, 0) is 24.1 Å². The lowest BCUT2D eigenvalue weighted by Gasteiger charge is -2.18. The van der Waals surface area contributed by atoms with Gasteiger partial charge >= 0.3 is 0 Å². The average molecular weight is 405 g/mol. The van der Waals surface area contributed by atoms with Gasteiger partial charge in [0.15, 0.2) is 5.82 Å². The fourth-order valence-corrected chi connectivity index (χ4v) is 2.91. The molecular formula is C15H26Cl2N8O. The molecule has 0 aromatic carbocycles. The maximum atomic E-state index is 5.89. The lowest BCUT2D eigenvalue weighted by molar-refractivity contribution is 0.186. The number of nitrogens with zero attached hydrogens (tertiary/aromatic N) is 5. The highest BCUT2D eigenvalue weighted by Crippen LogP contribution is 2.24. The zero-order chi connectivity index (χ0) is 16.9. The Bertz CT molecular complexity index is 696. The molecule has 0 saturated heterocycles. The number of fused-ring (bicyclic) bond motifs is 1. The van der Waals surface area contributed by atoms with Crippen molar-refractivity contribution in [3.05, 3.63) is 23.4 Å². The number of ether oxygens (including phenoxy) is 1. The number of nitrogens with two attached hydrogens (primary N) is 1. The number of aromatic nitrogens is 5. The van der Waals surface area contributed by atoms with Gasteiger partial charge in [-0.2, -0.15) is 4.98 Å². The molecule has 11 heteroatoms. The second-order valence-electron chi connectivity index (χ2n) is 5.85. The van der Waals surface area contributed by atoms with Gasteiger partial charge in [-0.15, -0.1) is 35.0 Å². The highest BCUT2D eigenvalue weighted by Gasteiger charge is 2.19. The Labute approximate surface area is 165 Å². The standard InChI is InChI=1S/C15H24N8O.2ClH/c1-10(14-22-18-9-23(14)7-8-24-2)19-13-11-3-5-17-6-4-12(11)20-15(16)21-13;;/h9-10,17H,3-8H2,1-2H3,(H3,16,19,20,21);2*1H. The summed E-state index contributed by atoms with van der Waals surface area (Å²) in [5.41, 5.74) is 8.04. The summed E-state index contributed by atoms with van der Waals surface area (Å²) >= 11 is 0. The molecular weight excluding hydrogens is 379 g/mol. The van der Waals surface area contributed by atoms with Crippen molar-refractivity contribution in [2.45, 2.75) is 32.4 Å². The first-order valence-electron chi connectivity index (χ1n) is 8.18. The van der Waals surface area contributed by atoms with E-state index >= 15 is 0 Å². The van der Waals surface area contributed by atoms with E-state index < -0.39 is 0 Å². The summed E-state index contributed by atoms with van der Waals surface area (Å²) < 4.78 is 7.11. The SMILES string of the molecule is COCCn1cnnc1C(C)Nc1nc(N)nc2c1CCNCC2.Cl.Cl. The number of methoxy groups -OCH3 is 1. The van der Waals surface area contributed by atoms with Crippen LogP contribution in [-0.4, -0.2) is 51.5 Å². The molecule has 3 rings (SSSR count). The minimum absolute atomic E-state index is 0. The number of nitrogens with one attached hydrogen (secondary N) is 2. The third kappa shape index (κ3) is 5.16. The maximum absolute atomic E-state index is 5.89. The lowest BCUT2D eigenvalue weighted by atomic mass is 10.1. The van der Waals surface area contributed by atoms with E-state index in [1.807, 2.05) is 11.5 Å². The highest BCUT2D eigenvalue weighted by molar-refractivity contribution is 5.85. The second kappa shape index (κ2) is 10.5. The molecule has 9 nitrogen and oxygen atoms in total. The molecule has 2 aromatic rings. The number of anilines is 2. The predicted molar refractivity (Wildman–Crippen MR) is 105 cm³/mol. The monoisotopic (exact) mass is 404 g/mol. The van der Waals surface area contributed by atoms with Crippen LogP contribution in [0.3, 0.4) is 0 Å². The van der Waals surface area contributed by atoms with E-state index in [0.29, 0.717) is 19.1 Å². The predicted octanol–water partition coefficient (Wildman–Crippen LogP) is 1.00. The van der Waals surface area contributed by atoms with Crippen LogP contribution in [0.5, 0.6) is 0 Å². The molecule has 1 aliphatic rings. The van der Waals surface area contributed by atoms with E-state index in [9.17, 15) is 0 Å². The average Bonchev–Trinajstić information content (AvgIpc) is 2.90. The van der Waals surface area contributed by atoms with Crippen molar-refractivity contribution < 1.29 is 4.74 Å². The van der Waals surface area contributed by atoms with E-state index in [4.69, 9.17) is 10.5 Å². The summed E-state index contributed by atoms with van der Waals surface area (Å²) in [6.07, 6.45) is 3.45. The summed E-state index contributed by atoms with van der Waals surface area (Å²) in [6.45, 7) is 5.17. The molecule has 3 heterocycles. The van der Waals surface area contributed by atoms with Crippen LogP contribution < -0.4 is 16.4 Å². The number of halogens is 2. The quantitative estimate of drug-likeness (QED) is 0.652. The third-order valence-corrected chi connectivity index (χ3v) is 4.12. The Morgan fingerprint density at radius 1 is 1.31 bits per heavy atom. The maximum Gasteiger partial charge on any atom is 0.222 e. The van der Waals surface area contributed by atoms with Gasteiger partial charge < -0.3 is 25.7 Å². The molecule has 1 aliphatic heterocycles. The van der Waals surface area contributed by atoms with Crippen LogP contribution in [0.1, 0.15) is 30.0 Å². The molecule has 0 saturated carbocycles. The zero-order valence-corrected chi connectivity index (χ0v) is 16.6. The Morgan fingerprint density at radius 2 is 2.08 bits per heavy atom. The van der Waals surface area contributed by atoms with Gasteiger partial charge in [-0.25, -0.2) is 4.98 Å². The minimum atomic E-state index is -0.0565. The molecule has 0 spiro atoms. The van der Waals surface area contributed by atoms with Crippen LogP contribution in [0.15, 0.2) is 6.33 Å². The topological polar surface area (TPSA) is 116 Å². The molecule has 0 aliphatic carbocycles. The fourth-order valence-electron chi connectivity index (χ4n) is 2.91. The Hall–Kier alpha value is -1.68. The molecule has 0 amide bonds. The van der Waals surface area contributed by atoms with Gasteiger partial charge in [0.1, 0.15) is 12.1 Å². The number of nitrogen functional groups attached to an aromatic ring is 1. The van der Waals surface area contributed by atoms with E-state index in [1.54, 1.807) is 13.4 Å². The molecule has 1 atom stereocenters. The van der Waals surface area contributed by atoms with Gasteiger partial charge in [-0.1, -0.05) is 0 Å². The van der Waals surface area contributed by atoms with Crippen molar-refractivity contribution in [3.8, 4) is 0 Å². The van der Waals surface area contributed by atoms with Crippen molar-refractivity contribution in [2.75, 3.05) is 37.9 Å². The normalized spacial score (nSPS) is 14.4. The van der Waals surface area contributed by atoms with Crippen molar-refractivity contribution in [3.63, 3.8) is 0 Å². The summed E-state index contributed by atoms with van der Waals surface area (Å²) in [4.78, 5) is 8.81. The van der Waals surface area contributed by atoms with Gasteiger partial charge in [0.25, 0.3) is 0 Å². The highest BCUT2D eigenvalue weighted by atomic mass is 35.5. The summed E-state index contributed by atoms with van der Waals surface area (Å²) in [7, 11) is 1.68. The first kappa shape index (κ1) is 22.4. The molecule has 0 fully saturated rings. The summed E-state index contributed by atoms with van der Waals surface area (Å²) in [5, 5.41) is 15.0. The van der Waals surface area contributed by atoms with Crippen molar-refractivity contribution in [1.29, 1.82) is 0 Å². The Balaban J connectivity index is 0.00000169. The largest absolute Gasteiger partial charge is 0.383 e. The number of hydrogen-bond acceptors (Lipinski definition) is 8. The Morgan fingerprint density at radius 3 is 2.85 bits per heavy atom. The molecule has 4 N–H and O–H groups in total. The third-order valence-electron chi connectivity index (χ3n) is 4.12. The van der Waals surface area contributed by atoms with Gasteiger partial charge in [0.05, 0.1) is 18.3 Å². The molecule has 1 unspecified atom stereocenters. The van der Waals surface area contributed by atoms with Crippen molar-refractivity contribution in [2.24, 2.45) is 0 Å². The van der Waals surface area contributed by atoms with Crippen LogP contribution in [0.25, 0.3) is 0 Å². The first-order valence-corrected chi connectivity index (χ1v) is 8.18. The van der Waals surface area contributed by atoms with E-state index in [0.717, 1.165) is 48.8 Å². The van der Waals surface area contributed by atoms with Crippen molar-refractivity contribution >= 4 is 36.6 Å². The molecule has 0 radical (unpaired) electrons. The van der Waals surface area contributed by atoms with Crippen LogP contribution in [0.4, 0.5) is 11.8 Å². The molecule has 26 heavy (non-hydrogen) atoms. The van der Waals surface area contributed by atoms with E-state index in [-0.39, 0.29) is 30.9 Å². The number of rotatable bonds is 6. The van der Waals surface area contributed by atoms with E-state index in [2.05, 4.69) is 30.8 Å². The summed E-state index contributed by atoms with van der Waals surface area (Å²) in [5.74, 6) is 1.92. The first-order chi connectivity index (χ1) is 11.7. The molecule has 0 bridgehead atoms. The van der Waals surface area contributed by atoms with Gasteiger partial charge in [0, 0.05) is 32.2 Å². The van der Waals surface area contributed by atoms with Crippen LogP contribution in [0, 0.1) is 0 Å². The van der Waals surface area contributed by atoms with E-state index in [1.165, 1.54) is 0 Å².